The van der Waals surface area contributed by atoms with E-state index in [2.05, 4.69) is 19.9 Å². The summed E-state index contributed by atoms with van der Waals surface area (Å²) in [4.78, 5) is 24.2. The van der Waals surface area contributed by atoms with Crippen LogP contribution in [0.25, 0.3) is 21.8 Å². The third kappa shape index (κ3) is 4.26. The molecular weight excluding hydrogens is 469 g/mol. The fourth-order valence-electron chi connectivity index (χ4n) is 3.76. The summed E-state index contributed by atoms with van der Waals surface area (Å²) in [5, 5.41) is 3.83. The van der Waals surface area contributed by atoms with Crippen molar-refractivity contribution >= 4 is 17.2 Å². The normalized spacial score (nSPS) is 15.8. The lowest BCUT2D eigenvalue weighted by Gasteiger charge is -2.38. The van der Waals surface area contributed by atoms with Gasteiger partial charge in [-0.15, -0.1) is 24.5 Å². The molecule has 2 aromatic heterocycles. The van der Waals surface area contributed by atoms with Gasteiger partial charge in [-0.1, -0.05) is 47.1 Å². The Labute approximate surface area is 195 Å². The number of alkyl halides is 3. The quantitative estimate of drug-likeness (QED) is 0.362. The predicted molar refractivity (Wildman–Crippen MR) is 117 cm³/mol. The summed E-state index contributed by atoms with van der Waals surface area (Å²) in [5.74, 6) is -0.615. The molecule has 1 amide bonds. The van der Waals surface area contributed by atoms with Crippen molar-refractivity contribution < 1.29 is 27.2 Å². The SMILES string of the molecule is Cc1cccc(-c2scnc2C(=O)N2CCC2c2nc(-c3ccccc3OC(F)(F)F)no2)c1. The van der Waals surface area contributed by atoms with Crippen molar-refractivity contribution in [3.63, 3.8) is 0 Å². The summed E-state index contributed by atoms with van der Waals surface area (Å²) < 4.78 is 47.7. The van der Waals surface area contributed by atoms with Gasteiger partial charge in [0, 0.05) is 6.54 Å². The van der Waals surface area contributed by atoms with Crippen molar-refractivity contribution in [1.29, 1.82) is 0 Å². The van der Waals surface area contributed by atoms with E-state index in [1.165, 1.54) is 29.5 Å². The van der Waals surface area contributed by atoms with Crippen LogP contribution >= 0.6 is 11.3 Å². The summed E-state index contributed by atoms with van der Waals surface area (Å²) in [7, 11) is 0. The van der Waals surface area contributed by atoms with Crippen molar-refractivity contribution in [3.05, 3.63) is 71.2 Å². The first-order valence-corrected chi connectivity index (χ1v) is 11.2. The van der Waals surface area contributed by atoms with E-state index in [1.807, 2.05) is 31.2 Å². The lowest BCUT2D eigenvalue weighted by atomic mass is 10.0. The Morgan fingerprint density at radius 2 is 2.03 bits per heavy atom. The molecule has 0 N–H and O–H groups in total. The largest absolute Gasteiger partial charge is 0.573 e. The van der Waals surface area contributed by atoms with Crippen LogP contribution in [-0.2, 0) is 0 Å². The molecule has 0 radical (unpaired) electrons. The van der Waals surface area contributed by atoms with Gasteiger partial charge in [0.25, 0.3) is 5.91 Å². The van der Waals surface area contributed by atoms with E-state index in [0.717, 1.165) is 16.0 Å². The second-order valence-corrected chi connectivity index (χ2v) is 8.56. The first-order valence-electron chi connectivity index (χ1n) is 10.3. The minimum atomic E-state index is -4.86. The summed E-state index contributed by atoms with van der Waals surface area (Å²) >= 11 is 1.38. The maximum Gasteiger partial charge on any atom is 0.573 e. The molecule has 4 aromatic rings. The highest BCUT2D eigenvalue weighted by Crippen LogP contribution is 2.38. The third-order valence-corrected chi connectivity index (χ3v) is 6.29. The molecule has 34 heavy (non-hydrogen) atoms. The molecule has 1 aliphatic rings. The number of rotatable bonds is 5. The molecule has 1 saturated heterocycles. The zero-order valence-corrected chi connectivity index (χ0v) is 18.6. The number of amides is 1. The predicted octanol–water partition coefficient (Wildman–Crippen LogP) is 5.65. The molecule has 0 saturated carbocycles. The maximum atomic E-state index is 13.3. The second kappa shape index (κ2) is 8.56. The van der Waals surface area contributed by atoms with Gasteiger partial charge in [-0.2, -0.15) is 4.98 Å². The van der Waals surface area contributed by atoms with E-state index in [9.17, 15) is 18.0 Å². The Balaban J connectivity index is 1.39. The monoisotopic (exact) mass is 486 g/mol. The number of thiazole rings is 1. The lowest BCUT2D eigenvalue weighted by molar-refractivity contribution is -0.274. The number of aromatic nitrogens is 3. The number of halogens is 3. The van der Waals surface area contributed by atoms with Crippen molar-refractivity contribution in [2.75, 3.05) is 6.54 Å². The molecule has 0 spiro atoms. The summed E-state index contributed by atoms with van der Waals surface area (Å²) in [6.07, 6.45) is -4.28. The van der Waals surface area contributed by atoms with E-state index >= 15 is 0 Å². The highest BCUT2D eigenvalue weighted by Gasteiger charge is 2.40. The summed E-state index contributed by atoms with van der Waals surface area (Å²) in [6, 6.07) is 12.9. The van der Waals surface area contributed by atoms with Gasteiger partial charge in [-0.3, -0.25) is 4.79 Å². The molecule has 11 heteroatoms. The van der Waals surface area contributed by atoms with E-state index in [1.54, 1.807) is 16.5 Å². The van der Waals surface area contributed by atoms with E-state index in [0.29, 0.717) is 18.7 Å². The van der Waals surface area contributed by atoms with Crippen LogP contribution in [0.4, 0.5) is 13.2 Å². The molecule has 174 valence electrons. The van der Waals surface area contributed by atoms with Gasteiger partial charge < -0.3 is 14.2 Å². The first-order chi connectivity index (χ1) is 16.3. The van der Waals surface area contributed by atoms with Crippen LogP contribution in [0.2, 0.25) is 0 Å². The highest BCUT2D eigenvalue weighted by molar-refractivity contribution is 7.13. The van der Waals surface area contributed by atoms with E-state index in [-0.39, 0.29) is 23.2 Å². The molecule has 0 bridgehead atoms. The Morgan fingerprint density at radius 3 is 2.76 bits per heavy atom. The zero-order valence-electron chi connectivity index (χ0n) is 17.7. The van der Waals surface area contributed by atoms with Crippen LogP contribution in [0.3, 0.4) is 0 Å². The Morgan fingerprint density at radius 1 is 1.21 bits per heavy atom. The number of hydrogen-bond donors (Lipinski definition) is 0. The molecule has 7 nitrogen and oxygen atoms in total. The molecule has 2 aromatic carbocycles. The third-order valence-electron chi connectivity index (χ3n) is 5.41. The molecule has 5 rings (SSSR count). The van der Waals surface area contributed by atoms with Crippen molar-refractivity contribution in [3.8, 4) is 27.6 Å². The van der Waals surface area contributed by atoms with Crippen LogP contribution in [0, 0.1) is 6.92 Å². The summed E-state index contributed by atoms with van der Waals surface area (Å²) in [5.41, 5.74) is 3.98. The summed E-state index contributed by atoms with van der Waals surface area (Å²) in [6.45, 7) is 2.45. The number of aryl methyl sites for hydroxylation is 1. The number of para-hydroxylation sites is 1. The smallest absolute Gasteiger partial charge is 0.405 e. The molecule has 1 aliphatic heterocycles. The average molecular weight is 486 g/mol. The first kappa shape index (κ1) is 22.1. The van der Waals surface area contributed by atoms with Crippen LogP contribution in [0.5, 0.6) is 5.75 Å². The fourth-order valence-corrected chi connectivity index (χ4v) is 4.54. The lowest BCUT2D eigenvalue weighted by Crippen LogP contribution is -2.45. The maximum absolute atomic E-state index is 13.3. The number of carbonyl (C=O) groups excluding carboxylic acids is 1. The number of hydrogen-bond acceptors (Lipinski definition) is 7. The number of nitrogens with zero attached hydrogens (tertiary/aromatic N) is 4. The van der Waals surface area contributed by atoms with Crippen LogP contribution < -0.4 is 4.74 Å². The minimum Gasteiger partial charge on any atom is -0.405 e. The van der Waals surface area contributed by atoms with Crippen molar-refractivity contribution in [2.24, 2.45) is 0 Å². The number of carbonyl (C=O) groups is 1. The average Bonchev–Trinajstić information content (AvgIpc) is 3.42. The molecule has 1 atom stereocenters. The van der Waals surface area contributed by atoms with Gasteiger partial charge in [-0.05, 0) is 31.0 Å². The number of ether oxygens (including phenoxy) is 1. The van der Waals surface area contributed by atoms with Gasteiger partial charge in [-0.25, -0.2) is 4.98 Å². The minimum absolute atomic E-state index is 0.0354. The molecule has 1 unspecified atom stereocenters. The van der Waals surface area contributed by atoms with Crippen LogP contribution in [0.1, 0.15) is 34.4 Å². The van der Waals surface area contributed by atoms with Crippen LogP contribution in [-0.4, -0.2) is 38.8 Å². The molecule has 1 fully saturated rings. The Kier molecular flexibility index (Phi) is 5.56. The van der Waals surface area contributed by atoms with E-state index in [4.69, 9.17) is 4.52 Å². The molecular formula is C23H17F3N4O3S. The van der Waals surface area contributed by atoms with Gasteiger partial charge in [0.1, 0.15) is 17.5 Å². The van der Waals surface area contributed by atoms with Gasteiger partial charge in [0.15, 0.2) is 0 Å². The Hall–Kier alpha value is -3.73. The topological polar surface area (TPSA) is 81.4 Å². The van der Waals surface area contributed by atoms with Crippen LogP contribution in [0.15, 0.2) is 58.6 Å². The second-order valence-electron chi connectivity index (χ2n) is 7.70. The number of benzene rings is 2. The fraction of sp³-hybridized carbons (Fsp3) is 0.217. The zero-order chi connectivity index (χ0) is 23.9. The van der Waals surface area contributed by atoms with Crippen molar-refractivity contribution in [1.82, 2.24) is 20.0 Å². The standard InChI is InChI=1S/C23H17F3N4O3S/c1-13-5-4-6-14(11-13)19-18(27-12-34-19)22(31)30-10-9-16(30)21-28-20(29-33-21)15-7-2-3-8-17(15)32-23(24,25)26/h2-8,11-12,16H,9-10H2,1H3. The van der Waals surface area contributed by atoms with Gasteiger partial charge >= 0.3 is 6.36 Å². The molecule has 0 aliphatic carbocycles. The van der Waals surface area contributed by atoms with E-state index < -0.39 is 18.2 Å². The van der Waals surface area contributed by atoms with Gasteiger partial charge in [0.05, 0.1) is 16.0 Å². The Bertz CT molecular complexity index is 1350. The highest BCUT2D eigenvalue weighted by atomic mass is 32.1. The number of likely N-dealkylation sites (tertiary alicyclic amines) is 1. The van der Waals surface area contributed by atoms with Gasteiger partial charge in [0.2, 0.25) is 11.7 Å². The molecule has 3 heterocycles. The van der Waals surface area contributed by atoms with Crippen molar-refractivity contribution in [2.45, 2.75) is 25.7 Å².